The van der Waals surface area contributed by atoms with Crippen molar-refractivity contribution >= 4 is 24.2 Å². The normalized spacial score (nSPS) is 10.3. The van der Waals surface area contributed by atoms with Crippen LogP contribution in [0, 0.1) is 19.7 Å². The molecule has 0 unspecified atom stereocenters. The summed E-state index contributed by atoms with van der Waals surface area (Å²) in [5.41, 5.74) is 1.41. The standard InChI is InChI=1S/C8H8ClFS/c1-4-5(2)8(10)6(9)3-7(4)11/h3,11H,1-2H3. The molecule has 0 nitrogen and oxygen atoms in total. The fourth-order valence-electron chi connectivity index (χ4n) is 0.827. The highest BCUT2D eigenvalue weighted by Crippen LogP contribution is 2.26. The lowest BCUT2D eigenvalue weighted by atomic mass is 10.1. The van der Waals surface area contributed by atoms with Crippen molar-refractivity contribution in [3.8, 4) is 0 Å². The summed E-state index contributed by atoms with van der Waals surface area (Å²) in [5.74, 6) is -0.345. The molecular weight excluding hydrogens is 183 g/mol. The molecule has 0 atom stereocenters. The van der Waals surface area contributed by atoms with Crippen LogP contribution in [0.4, 0.5) is 4.39 Å². The van der Waals surface area contributed by atoms with Gasteiger partial charge in [0.15, 0.2) is 0 Å². The van der Waals surface area contributed by atoms with Crippen molar-refractivity contribution in [3.63, 3.8) is 0 Å². The molecule has 11 heavy (non-hydrogen) atoms. The monoisotopic (exact) mass is 190 g/mol. The Balaban J connectivity index is 3.46. The SMILES string of the molecule is Cc1c(S)cc(Cl)c(F)c1C. The quantitative estimate of drug-likeness (QED) is 0.596. The predicted octanol–water partition coefficient (Wildman–Crippen LogP) is 3.38. The number of hydrogen-bond acceptors (Lipinski definition) is 1. The molecular formula is C8H8ClFS. The first-order chi connectivity index (χ1) is 5.04. The summed E-state index contributed by atoms with van der Waals surface area (Å²) in [7, 11) is 0. The second-order valence-corrected chi connectivity index (χ2v) is 3.33. The molecule has 60 valence electrons. The molecule has 0 amide bonds. The minimum Gasteiger partial charge on any atom is -0.205 e. The largest absolute Gasteiger partial charge is 0.205 e. The molecule has 0 saturated carbocycles. The van der Waals surface area contributed by atoms with Crippen LogP contribution < -0.4 is 0 Å². The van der Waals surface area contributed by atoms with E-state index in [2.05, 4.69) is 12.6 Å². The van der Waals surface area contributed by atoms with Crippen molar-refractivity contribution in [3.05, 3.63) is 28.0 Å². The Hall–Kier alpha value is -0.210. The number of benzene rings is 1. The molecule has 0 spiro atoms. The van der Waals surface area contributed by atoms with E-state index in [0.29, 0.717) is 5.56 Å². The fourth-order valence-corrected chi connectivity index (χ4v) is 1.45. The smallest absolute Gasteiger partial charge is 0.145 e. The van der Waals surface area contributed by atoms with E-state index < -0.39 is 0 Å². The van der Waals surface area contributed by atoms with Gasteiger partial charge in [-0.25, -0.2) is 4.39 Å². The molecule has 3 heteroatoms. The van der Waals surface area contributed by atoms with Gasteiger partial charge in [0.2, 0.25) is 0 Å². The summed E-state index contributed by atoms with van der Waals surface area (Å²) < 4.78 is 13.0. The summed E-state index contributed by atoms with van der Waals surface area (Å²) in [6, 6.07) is 1.52. The Morgan fingerprint density at radius 2 is 1.91 bits per heavy atom. The van der Waals surface area contributed by atoms with Gasteiger partial charge in [-0.3, -0.25) is 0 Å². The molecule has 0 heterocycles. The van der Waals surface area contributed by atoms with Gasteiger partial charge in [-0.05, 0) is 31.0 Å². The second kappa shape index (κ2) is 3.03. The summed E-state index contributed by atoms with van der Waals surface area (Å²) >= 11 is 9.70. The zero-order valence-corrected chi connectivity index (χ0v) is 7.93. The van der Waals surface area contributed by atoms with E-state index in [4.69, 9.17) is 11.6 Å². The van der Waals surface area contributed by atoms with Crippen molar-refractivity contribution in [2.45, 2.75) is 18.7 Å². The molecule has 1 aromatic rings. The lowest BCUT2D eigenvalue weighted by Gasteiger charge is -2.05. The summed E-state index contributed by atoms with van der Waals surface area (Å²) in [4.78, 5) is 0.730. The highest BCUT2D eigenvalue weighted by atomic mass is 35.5. The van der Waals surface area contributed by atoms with Crippen LogP contribution in [-0.4, -0.2) is 0 Å². The van der Waals surface area contributed by atoms with E-state index in [9.17, 15) is 4.39 Å². The molecule has 1 aromatic carbocycles. The number of hydrogen-bond donors (Lipinski definition) is 1. The zero-order valence-electron chi connectivity index (χ0n) is 6.28. The van der Waals surface area contributed by atoms with E-state index in [1.165, 1.54) is 6.07 Å². The van der Waals surface area contributed by atoms with E-state index in [0.717, 1.165) is 10.5 Å². The number of halogens is 2. The molecule has 0 aliphatic carbocycles. The van der Waals surface area contributed by atoms with E-state index in [-0.39, 0.29) is 10.8 Å². The maximum absolute atomic E-state index is 13.0. The van der Waals surface area contributed by atoms with Crippen LogP contribution >= 0.6 is 24.2 Å². The average molecular weight is 191 g/mol. The van der Waals surface area contributed by atoms with Gasteiger partial charge in [-0.1, -0.05) is 11.6 Å². The van der Waals surface area contributed by atoms with E-state index >= 15 is 0 Å². The van der Waals surface area contributed by atoms with Gasteiger partial charge < -0.3 is 0 Å². The van der Waals surface area contributed by atoms with Crippen molar-refractivity contribution in [2.24, 2.45) is 0 Å². The predicted molar refractivity (Wildman–Crippen MR) is 48.1 cm³/mol. The van der Waals surface area contributed by atoms with Crippen molar-refractivity contribution < 1.29 is 4.39 Å². The first-order valence-electron chi connectivity index (χ1n) is 3.18. The van der Waals surface area contributed by atoms with Gasteiger partial charge in [0, 0.05) is 4.90 Å². The first kappa shape index (κ1) is 8.88. The molecule has 0 aliphatic rings. The molecule has 0 radical (unpaired) electrons. The van der Waals surface area contributed by atoms with Crippen LogP contribution in [0.2, 0.25) is 5.02 Å². The molecule has 0 aliphatic heterocycles. The van der Waals surface area contributed by atoms with E-state index in [1.807, 2.05) is 6.92 Å². The van der Waals surface area contributed by atoms with Gasteiger partial charge in [0.1, 0.15) is 5.82 Å². The molecule has 0 saturated heterocycles. The average Bonchev–Trinajstić information content (AvgIpc) is 1.97. The van der Waals surface area contributed by atoms with Crippen LogP contribution in [0.15, 0.2) is 11.0 Å². The van der Waals surface area contributed by atoms with Gasteiger partial charge in [0.05, 0.1) is 5.02 Å². The Morgan fingerprint density at radius 3 is 2.45 bits per heavy atom. The molecule has 0 bridgehead atoms. The fraction of sp³-hybridized carbons (Fsp3) is 0.250. The lowest BCUT2D eigenvalue weighted by molar-refractivity contribution is 0.615. The van der Waals surface area contributed by atoms with Crippen LogP contribution in [0.3, 0.4) is 0 Å². The van der Waals surface area contributed by atoms with Crippen LogP contribution in [0.25, 0.3) is 0 Å². The van der Waals surface area contributed by atoms with Crippen LogP contribution in [-0.2, 0) is 0 Å². The van der Waals surface area contributed by atoms with Crippen molar-refractivity contribution in [2.75, 3.05) is 0 Å². The molecule has 0 aromatic heterocycles. The van der Waals surface area contributed by atoms with Gasteiger partial charge in [-0.15, -0.1) is 12.6 Å². The van der Waals surface area contributed by atoms with Crippen molar-refractivity contribution in [1.82, 2.24) is 0 Å². The third-order valence-electron chi connectivity index (χ3n) is 1.75. The second-order valence-electron chi connectivity index (χ2n) is 2.44. The Morgan fingerprint density at radius 1 is 1.36 bits per heavy atom. The Kier molecular flexibility index (Phi) is 2.45. The minimum absolute atomic E-state index is 0.137. The Labute approximate surface area is 75.8 Å². The van der Waals surface area contributed by atoms with Crippen LogP contribution in [0.1, 0.15) is 11.1 Å². The molecule has 1 rings (SSSR count). The van der Waals surface area contributed by atoms with Gasteiger partial charge in [0.25, 0.3) is 0 Å². The maximum Gasteiger partial charge on any atom is 0.145 e. The number of thiol groups is 1. The lowest BCUT2D eigenvalue weighted by Crippen LogP contribution is -1.89. The summed E-state index contributed by atoms with van der Waals surface area (Å²) in [5, 5.41) is 0.137. The highest BCUT2D eigenvalue weighted by molar-refractivity contribution is 7.80. The Bertz CT molecular complexity index is 270. The third-order valence-corrected chi connectivity index (χ3v) is 2.49. The number of rotatable bonds is 0. The highest BCUT2D eigenvalue weighted by Gasteiger charge is 2.08. The van der Waals surface area contributed by atoms with E-state index in [1.54, 1.807) is 6.92 Å². The molecule has 0 N–H and O–H groups in total. The zero-order chi connectivity index (χ0) is 8.59. The maximum atomic E-state index is 13.0. The first-order valence-corrected chi connectivity index (χ1v) is 4.00. The van der Waals surface area contributed by atoms with Crippen LogP contribution in [0.5, 0.6) is 0 Å². The topological polar surface area (TPSA) is 0 Å². The van der Waals surface area contributed by atoms with Crippen molar-refractivity contribution in [1.29, 1.82) is 0 Å². The summed E-state index contributed by atoms with van der Waals surface area (Å²) in [6.07, 6.45) is 0. The molecule has 0 fully saturated rings. The minimum atomic E-state index is -0.345. The van der Waals surface area contributed by atoms with Gasteiger partial charge >= 0.3 is 0 Å². The summed E-state index contributed by atoms with van der Waals surface area (Å²) in [6.45, 7) is 3.51. The third kappa shape index (κ3) is 1.52. The van der Waals surface area contributed by atoms with Gasteiger partial charge in [-0.2, -0.15) is 0 Å².